The van der Waals surface area contributed by atoms with Crippen molar-refractivity contribution in [2.45, 2.75) is 13.5 Å². The zero-order valence-electron chi connectivity index (χ0n) is 10.2. The van der Waals surface area contributed by atoms with E-state index in [1.54, 1.807) is 4.31 Å². The highest BCUT2D eigenvalue weighted by Gasteiger charge is 2.33. The molecule has 18 heavy (non-hydrogen) atoms. The molecule has 4 nitrogen and oxygen atoms in total. The van der Waals surface area contributed by atoms with Crippen molar-refractivity contribution in [1.29, 1.82) is 0 Å². The number of nitrogens with two attached hydrogens (primary N) is 1. The predicted octanol–water partition coefficient (Wildman–Crippen LogP) is 0.840. The van der Waals surface area contributed by atoms with Crippen LogP contribution in [0.15, 0.2) is 11.4 Å². The van der Waals surface area contributed by atoms with Crippen LogP contribution in [-0.4, -0.2) is 31.6 Å². The van der Waals surface area contributed by atoms with Gasteiger partial charge in [0.1, 0.15) is 0 Å². The van der Waals surface area contributed by atoms with Crippen LogP contribution >= 0.6 is 11.3 Å². The van der Waals surface area contributed by atoms with E-state index in [9.17, 15) is 8.42 Å². The minimum absolute atomic E-state index is 0.202. The molecule has 1 aromatic rings. The van der Waals surface area contributed by atoms with Crippen molar-refractivity contribution in [1.82, 2.24) is 4.31 Å². The SMILES string of the molecule is CC1CN(Cc2sccc2C#CCN)S(=O)(=O)C1. The molecule has 0 radical (unpaired) electrons. The molecule has 1 aromatic heterocycles. The van der Waals surface area contributed by atoms with Crippen molar-refractivity contribution in [2.24, 2.45) is 11.7 Å². The van der Waals surface area contributed by atoms with Crippen LogP contribution in [0.3, 0.4) is 0 Å². The molecule has 1 aliphatic heterocycles. The summed E-state index contributed by atoms with van der Waals surface area (Å²) in [5.74, 6) is 6.24. The van der Waals surface area contributed by atoms with E-state index in [0.29, 0.717) is 19.6 Å². The molecule has 2 rings (SSSR count). The van der Waals surface area contributed by atoms with E-state index in [4.69, 9.17) is 5.73 Å². The first-order valence-corrected chi connectivity index (χ1v) is 8.25. The Balaban J connectivity index is 2.18. The second kappa shape index (κ2) is 5.41. The Morgan fingerprint density at radius 2 is 2.39 bits per heavy atom. The predicted molar refractivity (Wildman–Crippen MR) is 73.6 cm³/mol. The minimum Gasteiger partial charge on any atom is -0.320 e. The fraction of sp³-hybridized carbons (Fsp3) is 0.500. The van der Waals surface area contributed by atoms with Crippen molar-refractivity contribution in [3.05, 3.63) is 21.9 Å². The topological polar surface area (TPSA) is 63.4 Å². The molecule has 1 saturated heterocycles. The Labute approximate surface area is 112 Å². The molecular weight excluding hydrogens is 268 g/mol. The van der Waals surface area contributed by atoms with Crippen molar-refractivity contribution >= 4 is 21.4 Å². The van der Waals surface area contributed by atoms with Gasteiger partial charge >= 0.3 is 0 Å². The van der Waals surface area contributed by atoms with Gasteiger partial charge in [-0.3, -0.25) is 0 Å². The zero-order valence-corrected chi connectivity index (χ0v) is 11.9. The summed E-state index contributed by atoms with van der Waals surface area (Å²) in [4.78, 5) is 0.994. The van der Waals surface area contributed by atoms with E-state index in [1.165, 1.54) is 11.3 Å². The molecule has 2 N–H and O–H groups in total. The molecule has 2 heterocycles. The molecule has 1 unspecified atom stereocenters. The zero-order chi connectivity index (χ0) is 13.2. The van der Waals surface area contributed by atoms with Gasteiger partial charge in [-0.05, 0) is 17.4 Å². The molecule has 0 spiro atoms. The number of rotatable bonds is 2. The van der Waals surface area contributed by atoms with Gasteiger partial charge in [-0.25, -0.2) is 8.42 Å². The van der Waals surface area contributed by atoms with Crippen molar-refractivity contribution in [3.63, 3.8) is 0 Å². The lowest BCUT2D eigenvalue weighted by Gasteiger charge is -2.13. The largest absolute Gasteiger partial charge is 0.320 e. The van der Waals surface area contributed by atoms with Gasteiger partial charge in [0.2, 0.25) is 10.0 Å². The third-order valence-electron chi connectivity index (χ3n) is 2.79. The van der Waals surface area contributed by atoms with Crippen molar-refractivity contribution in [3.8, 4) is 11.8 Å². The van der Waals surface area contributed by atoms with Gasteiger partial charge in [-0.1, -0.05) is 18.8 Å². The molecule has 98 valence electrons. The Morgan fingerprint density at radius 1 is 1.61 bits per heavy atom. The molecule has 6 heteroatoms. The van der Waals surface area contributed by atoms with Crippen LogP contribution in [0.2, 0.25) is 0 Å². The fourth-order valence-corrected chi connectivity index (χ4v) is 4.79. The van der Waals surface area contributed by atoms with Crippen LogP contribution < -0.4 is 5.73 Å². The number of sulfonamides is 1. The van der Waals surface area contributed by atoms with Gasteiger partial charge in [-0.2, -0.15) is 4.31 Å². The minimum atomic E-state index is -3.08. The average Bonchev–Trinajstić information content (AvgIpc) is 2.81. The maximum Gasteiger partial charge on any atom is 0.214 e. The van der Waals surface area contributed by atoms with Crippen LogP contribution in [-0.2, 0) is 16.6 Å². The summed E-state index contributed by atoms with van der Waals surface area (Å²) in [5.41, 5.74) is 6.23. The van der Waals surface area contributed by atoms with Crippen molar-refractivity contribution in [2.75, 3.05) is 18.8 Å². The average molecular weight is 284 g/mol. The monoisotopic (exact) mass is 284 g/mol. The molecule has 1 atom stereocenters. The highest BCUT2D eigenvalue weighted by atomic mass is 32.2. The maximum atomic E-state index is 11.9. The van der Waals surface area contributed by atoms with Gasteiger partial charge in [0.15, 0.2) is 0 Å². The molecule has 0 aliphatic carbocycles. The third-order valence-corrected chi connectivity index (χ3v) is 5.76. The highest BCUT2D eigenvalue weighted by molar-refractivity contribution is 7.89. The molecule has 1 aliphatic rings. The summed E-state index contributed by atoms with van der Waals surface area (Å²) < 4.78 is 25.3. The molecule has 0 saturated carbocycles. The molecular formula is C12H16N2O2S2. The van der Waals surface area contributed by atoms with Crippen LogP contribution in [0.5, 0.6) is 0 Å². The Kier molecular flexibility index (Phi) is 4.07. The lowest BCUT2D eigenvalue weighted by molar-refractivity contribution is 0.412. The maximum absolute atomic E-state index is 11.9. The first-order valence-electron chi connectivity index (χ1n) is 5.76. The standard InChI is InChI=1S/C12H16N2O2S2/c1-10-7-14(18(15,16)9-10)8-12-11(3-2-5-13)4-6-17-12/h4,6,10H,5,7-9,13H2,1H3. The van der Waals surface area contributed by atoms with Gasteiger partial charge in [0.25, 0.3) is 0 Å². The van der Waals surface area contributed by atoms with Crippen LogP contribution in [0.1, 0.15) is 17.4 Å². The van der Waals surface area contributed by atoms with Crippen LogP contribution in [0, 0.1) is 17.8 Å². The van der Waals surface area contributed by atoms with Gasteiger partial charge in [0, 0.05) is 23.5 Å². The van der Waals surface area contributed by atoms with Crippen LogP contribution in [0.4, 0.5) is 0 Å². The summed E-state index contributed by atoms with van der Waals surface area (Å²) in [6, 6.07) is 1.91. The van der Waals surface area contributed by atoms with E-state index in [0.717, 1.165) is 10.4 Å². The van der Waals surface area contributed by atoms with E-state index in [1.807, 2.05) is 18.4 Å². The lowest BCUT2D eigenvalue weighted by atomic mass is 10.2. The lowest BCUT2D eigenvalue weighted by Crippen LogP contribution is -2.25. The summed E-state index contributed by atoms with van der Waals surface area (Å²) in [6.45, 7) is 3.30. The number of nitrogens with zero attached hydrogens (tertiary/aromatic N) is 1. The summed E-state index contributed by atoms with van der Waals surface area (Å²) in [6.07, 6.45) is 0. The molecule has 0 amide bonds. The summed E-state index contributed by atoms with van der Waals surface area (Å²) >= 11 is 1.54. The quantitative estimate of drug-likeness (QED) is 0.819. The number of thiophene rings is 1. The summed E-state index contributed by atoms with van der Waals surface area (Å²) in [7, 11) is -3.08. The van der Waals surface area contributed by atoms with Gasteiger partial charge in [0.05, 0.1) is 12.3 Å². The van der Waals surface area contributed by atoms with Gasteiger partial charge in [-0.15, -0.1) is 11.3 Å². The van der Waals surface area contributed by atoms with Crippen molar-refractivity contribution < 1.29 is 8.42 Å². The van der Waals surface area contributed by atoms with E-state index in [2.05, 4.69) is 11.8 Å². The summed E-state index contributed by atoms with van der Waals surface area (Å²) in [5, 5.41) is 1.93. The van der Waals surface area contributed by atoms with E-state index < -0.39 is 10.0 Å². The normalized spacial score (nSPS) is 22.7. The first-order chi connectivity index (χ1) is 8.53. The third kappa shape index (κ3) is 2.93. The van der Waals surface area contributed by atoms with E-state index >= 15 is 0 Å². The highest BCUT2D eigenvalue weighted by Crippen LogP contribution is 2.25. The van der Waals surface area contributed by atoms with E-state index in [-0.39, 0.29) is 11.7 Å². The molecule has 0 aromatic carbocycles. The Morgan fingerprint density at radius 3 is 3.00 bits per heavy atom. The Bertz CT molecular complexity index is 581. The smallest absolute Gasteiger partial charge is 0.214 e. The fourth-order valence-electron chi connectivity index (χ4n) is 2.02. The number of hydrogen-bond acceptors (Lipinski definition) is 4. The Hall–Kier alpha value is -0.870. The number of hydrogen-bond donors (Lipinski definition) is 1. The first kappa shape index (κ1) is 13.6. The van der Waals surface area contributed by atoms with Crippen LogP contribution in [0.25, 0.3) is 0 Å². The second-order valence-corrected chi connectivity index (χ2v) is 7.45. The second-order valence-electron chi connectivity index (χ2n) is 4.44. The molecule has 1 fully saturated rings. The van der Waals surface area contributed by atoms with Gasteiger partial charge < -0.3 is 5.73 Å². The molecule has 0 bridgehead atoms.